The van der Waals surface area contributed by atoms with Crippen LogP contribution in [0, 0.1) is 5.82 Å². The largest absolute Gasteiger partial charge is 0.495 e. The van der Waals surface area contributed by atoms with Crippen molar-refractivity contribution < 1.29 is 9.13 Å². The van der Waals surface area contributed by atoms with Gasteiger partial charge in [0.1, 0.15) is 11.6 Å². The Labute approximate surface area is 151 Å². The number of halogens is 2. The van der Waals surface area contributed by atoms with E-state index in [1.54, 1.807) is 13.2 Å². The molecule has 1 aliphatic heterocycles. The zero-order valence-corrected chi connectivity index (χ0v) is 15.0. The first kappa shape index (κ1) is 16.8. The summed E-state index contributed by atoms with van der Waals surface area (Å²) < 4.78 is 21.4. The lowest BCUT2D eigenvalue weighted by molar-refractivity contribution is 0.170. The van der Waals surface area contributed by atoms with Gasteiger partial charge in [0.25, 0.3) is 0 Å². The summed E-state index contributed by atoms with van der Waals surface area (Å²) in [5.41, 5.74) is 1.64. The molecule has 1 aliphatic carbocycles. The predicted octanol–water partition coefficient (Wildman–Crippen LogP) is 3.79. The van der Waals surface area contributed by atoms with E-state index in [2.05, 4.69) is 21.4 Å². The Hall–Kier alpha value is -1.66. The van der Waals surface area contributed by atoms with E-state index in [0.29, 0.717) is 34.8 Å². The average molecular weight is 365 g/mol. The Bertz CT molecular complexity index is 754. The fraction of sp³-hybridized carbons (Fsp3) is 0.556. The van der Waals surface area contributed by atoms with E-state index >= 15 is 0 Å². The zero-order chi connectivity index (χ0) is 17.4. The molecule has 1 aromatic carbocycles. The Morgan fingerprint density at radius 3 is 2.68 bits per heavy atom. The molecule has 25 heavy (non-hydrogen) atoms. The molecular weight excluding hydrogens is 343 g/mol. The van der Waals surface area contributed by atoms with Gasteiger partial charge in [-0.1, -0.05) is 16.8 Å². The Kier molecular flexibility index (Phi) is 4.65. The molecule has 7 heteroatoms. The molecule has 1 saturated carbocycles. The van der Waals surface area contributed by atoms with Gasteiger partial charge in [-0.2, -0.15) is 0 Å². The van der Waals surface area contributed by atoms with Crippen LogP contribution < -0.4 is 4.74 Å². The number of aromatic nitrogens is 3. The molecule has 4 rings (SSSR count). The minimum absolute atomic E-state index is 0.279. The molecular formula is C18H22ClFN4O. The van der Waals surface area contributed by atoms with Crippen LogP contribution in [0.4, 0.5) is 4.39 Å². The second-order valence-corrected chi connectivity index (χ2v) is 7.33. The minimum atomic E-state index is -0.279. The summed E-state index contributed by atoms with van der Waals surface area (Å²) in [7, 11) is 1.54. The van der Waals surface area contributed by atoms with Gasteiger partial charge in [0.2, 0.25) is 0 Å². The van der Waals surface area contributed by atoms with Crippen LogP contribution >= 0.6 is 11.6 Å². The lowest BCUT2D eigenvalue weighted by atomic mass is 10.0. The van der Waals surface area contributed by atoms with Crippen LogP contribution in [-0.4, -0.2) is 40.1 Å². The van der Waals surface area contributed by atoms with Crippen molar-refractivity contribution in [2.75, 3.05) is 20.2 Å². The molecule has 2 heterocycles. The zero-order valence-electron chi connectivity index (χ0n) is 14.3. The third-order valence-corrected chi connectivity index (χ3v) is 5.62. The van der Waals surface area contributed by atoms with Crippen LogP contribution in [0.15, 0.2) is 18.3 Å². The summed E-state index contributed by atoms with van der Waals surface area (Å²) in [5.74, 6) is 0.869. The third kappa shape index (κ3) is 3.51. The Morgan fingerprint density at radius 1 is 1.24 bits per heavy atom. The summed E-state index contributed by atoms with van der Waals surface area (Å²) in [4.78, 5) is 2.24. The second kappa shape index (κ2) is 6.92. The predicted molar refractivity (Wildman–Crippen MR) is 93.5 cm³/mol. The second-order valence-electron chi connectivity index (χ2n) is 6.95. The number of hydrogen-bond donors (Lipinski definition) is 0. The SMILES string of the molecule is COc1ccc(F)c(CN2CCC(n3cc(C4CC4)nn3)CC2)c1Cl. The quantitative estimate of drug-likeness (QED) is 0.809. The summed E-state index contributed by atoms with van der Waals surface area (Å²) >= 11 is 6.28. The number of ether oxygens (including phenoxy) is 1. The van der Waals surface area contributed by atoms with E-state index in [4.69, 9.17) is 16.3 Å². The van der Waals surface area contributed by atoms with Crippen LogP contribution in [-0.2, 0) is 6.54 Å². The lowest BCUT2D eigenvalue weighted by Crippen LogP contribution is -2.34. The summed E-state index contributed by atoms with van der Waals surface area (Å²) in [5, 5.41) is 8.98. The third-order valence-electron chi connectivity index (χ3n) is 5.21. The number of rotatable bonds is 5. The van der Waals surface area contributed by atoms with Gasteiger partial charge < -0.3 is 4.74 Å². The average Bonchev–Trinajstić information content (AvgIpc) is 3.36. The van der Waals surface area contributed by atoms with Gasteiger partial charge in [0, 0.05) is 37.3 Å². The van der Waals surface area contributed by atoms with Crippen molar-refractivity contribution in [3.05, 3.63) is 40.4 Å². The molecule has 1 aromatic heterocycles. The summed E-state index contributed by atoms with van der Waals surface area (Å²) in [6.45, 7) is 2.27. The van der Waals surface area contributed by atoms with Crippen LogP contribution in [0.2, 0.25) is 5.02 Å². The Morgan fingerprint density at radius 2 is 2.00 bits per heavy atom. The maximum Gasteiger partial charge on any atom is 0.137 e. The number of hydrogen-bond acceptors (Lipinski definition) is 4. The fourth-order valence-corrected chi connectivity index (χ4v) is 3.77. The maximum atomic E-state index is 14.2. The van der Waals surface area contributed by atoms with Crippen molar-refractivity contribution in [2.24, 2.45) is 0 Å². The van der Waals surface area contributed by atoms with E-state index in [-0.39, 0.29) is 5.82 Å². The van der Waals surface area contributed by atoms with Crippen molar-refractivity contribution >= 4 is 11.6 Å². The number of nitrogens with zero attached hydrogens (tertiary/aromatic N) is 4. The van der Waals surface area contributed by atoms with Crippen molar-refractivity contribution in [2.45, 2.75) is 44.2 Å². The van der Waals surface area contributed by atoms with Crippen LogP contribution in [0.1, 0.15) is 48.9 Å². The summed E-state index contributed by atoms with van der Waals surface area (Å²) in [6.07, 6.45) is 6.55. The van der Waals surface area contributed by atoms with E-state index in [9.17, 15) is 4.39 Å². The van der Waals surface area contributed by atoms with Crippen molar-refractivity contribution in [3.8, 4) is 5.75 Å². The van der Waals surface area contributed by atoms with Gasteiger partial charge in [-0.25, -0.2) is 9.07 Å². The van der Waals surface area contributed by atoms with Gasteiger partial charge in [0.15, 0.2) is 0 Å². The molecule has 0 atom stereocenters. The van der Waals surface area contributed by atoms with Crippen molar-refractivity contribution in [1.29, 1.82) is 0 Å². The number of benzene rings is 1. The van der Waals surface area contributed by atoms with Crippen molar-refractivity contribution in [1.82, 2.24) is 19.9 Å². The topological polar surface area (TPSA) is 43.2 Å². The van der Waals surface area contributed by atoms with Crippen LogP contribution in [0.3, 0.4) is 0 Å². The summed E-state index contributed by atoms with van der Waals surface area (Å²) in [6, 6.07) is 3.36. The van der Waals surface area contributed by atoms with Gasteiger partial charge in [-0.15, -0.1) is 5.10 Å². The van der Waals surface area contributed by atoms with Gasteiger partial charge in [0.05, 0.1) is 23.9 Å². The number of likely N-dealkylation sites (tertiary alicyclic amines) is 1. The van der Waals surface area contributed by atoms with Gasteiger partial charge in [-0.05, 0) is 37.8 Å². The molecule has 0 N–H and O–H groups in total. The first-order valence-electron chi connectivity index (χ1n) is 8.80. The number of piperidine rings is 1. The first-order valence-corrected chi connectivity index (χ1v) is 9.18. The molecule has 0 bridgehead atoms. The highest BCUT2D eigenvalue weighted by Crippen LogP contribution is 2.39. The highest BCUT2D eigenvalue weighted by Gasteiger charge is 2.28. The van der Waals surface area contributed by atoms with Gasteiger partial charge in [-0.3, -0.25) is 4.90 Å². The molecule has 2 aromatic rings. The van der Waals surface area contributed by atoms with E-state index in [1.165, 1.54) is 18.9 Å². The molecule has 134 valence electrons. The highest BCUT2D eigenvalue weighted by molar-refractivity contribution is 6.32. The monoisotopic (exact) mass is 364 g/mol. The molecule has 5 nitrogen and oxygen atoms in total. The van der Waals surface area contributed by atoms with Crippen LogP contribution in [0.5, 0.6) is 5.75 Å². The maximum absolute atomic E-state index is 14.2. The van der Waals surface area contributed by atoms with Gasteiger partial charge >= 0.3 is 0 Å². The highest BCUT2D eigenvalue weighted by atomic mass is 35.5. The normalized spacial score (nSPS) is 19.3. The first-order chi connectivity index (χ1) is 12.2. The molecule has 0 amide bonds. The van der Waals surface area contributed by atoms with E-state index < -0.39 is 0 Å². The standard InChI is InChI=1S/C18H22ClFN4O/c1-25-17-5-4-15(20)14(18(17)19)10-23-8-6-13(7-9-23)24-11-16(21-22-24)12-2-3-12/h4-5,11-13H,2-3,6-10H2,1H3. The molecule has 2 aliphatic rings. The van der Waals surface area contributed by atoms with Crippen LogP contribution in [0.25, 0.3) is 0 Å². The van der Waals surface area contributed by atoms with Crippen molar-refractivity contribution in [3.63, 3.8) is 0 Å². The molecule has 0 radical (unpaired) electrons. The molecule has 1 saturated heterocycles. The smallest absolute Gasteiger partial charge is 0.137 e. The van der Waals surface area contributed by atoms with E-state index in [0.717, 1.165) is 31.6 Å². The van der Waals surface area contributed by atoms with E-state index in [1.807, 2.05) is 4.68 Å². The lowest BCUT2D eigenvalue weighted by Gasteiger charge is -2.32. The minimum Gasteiger partial charge on any atom is -0.495 e. The molecule has 0 unspecified atom stereocenters. The molecule has 0 spiro atoms. The molecule has 2 fully saturated rings. The Balaban J connectivity index is 1.39. The number of methoxy groups -OCH3 is 1. The fourth-order valence-electron chi connectivity index (χ4n) is 3.48.